The second-order valence-corrected chi connectivity index (χ2v) is 6.53. The Balaban J connectivity index is 1.72. The van der Waals surface area contributed by atoms with E-state index in [0.29, 0.717) is 41.4 Å². The molecule has 1 heterocycles. The first-order chi connectivity index (χ1) is 11.7. The number of thiazole rings is 1. The number of rotatable bonds is 5. The number of nitriles is 1. The Morgan fingerprint density at radius 1 is 1.38 bits per heavy atom. The number of anilines is 1. The van der Waals surface area contributed by atoms with Gasteiger partial charge >= 0.3 is 0 Å². The molecule has 2 aromatic rings. The Morgan fingerprint density at radius 3 is 2.88 bits per heavy atom. The maximum Gasteiger partial charge on any atom is 0.293 e. The summed E-state index contributed by atoms with van der Waals surface area (Å²) < 4.78 is 4.92. The maximum atomic E-state index is 12.3. The van der Waals surface area contributed by atoms with Gasteiger partial charge in [0.05, 0.1) is 0 Å². The first kappa shape index (κ1) is 16.1. The van der Waals surface area contributed by atoms with Crippen molar-refractivity contribution < 1.29 is 14.3 Å². The molecule has 1 amide bonds. The van der Waals surface area contributed by atoms with Crippen molar-refractivity contribution in [2.75, 3.05) is 5.32 Å². The molecule has 0 unspecified atom stereocenters. The maximum absolute atomic E-state index is 12.3. The summed E-state index contributed by atoms with van der Waals surface area (Å²) in [6, 6.07) is 11.5. The van der Waals surface area contributed by atoms with Crippen molar-refractivity contribution in [2.24, 2.45) is 5.92 Å². The zero-order chi connectivity index (χ0) is 16.9. The van der Waals surface area contributed by atoms with Gasteiger partial charge in [0.1, 0.15) is 22.7 Å². The van der Waals surface area contributed by atoms with E-state index in [4.69, 9.17) is 4.74 Å². The third-order valence-electron chi connectivity index (χ3n) is 4.01. The zero-order valence-corrected chi connectivity index (χ0v) is 13.6. The predicted octanol–water partition coefficient (Wildman–Crippen LogP) is 2.96. The van der Waals surface area contributed by atoms with Gasteiger partial charge in [-0.1, -0.05) is 41.7 Å². The van der Waals surface area contributed by atoms with Gasteiger partial charge < -0.3 is 10.1 Å². The molecule has 1 aromatic carbocycles. The minimum Gasteiger partial charge on any atom is -0.465 e. The lowest BCUT2D eigenvalue weighted by Gasteiger charge is -2.09. The van der Waals surface area contributed by atoms with E-state index in [1.54, 1.807) is 0 Å². The van der Waals surface area contributed by atoms with Gasteiger partial charge in [-0.15, -0.1) is 0 Å². The van der Waals surface area contributed by atoms with Gasteiger partial charge in [-0.05, 0) is 19.3 Å². The van der Waals surface area contributed by atoms with Gasteiger partial charge in [0.25, 0.3) is 6.47 Å². The minimum absolute atomic E-state index is 0.148. The molecule has 0 spiro atoms. The number of benzene rings is 1. The van der Waals surface area contributed by atoms with Crippen molar-refractivity contribution in [2.45, 2.75) is 25.4 Å². The summed E-state index contributed by atoms with van der Waals surface area (Å²) in [6.07, 6.45) is 1.69. The highest BCUT2D eigenvalue weighted by Crippen LogP contribution is 2.32. The number of ether oxygens (including phenoxy) is 1. The highest BCUT2D eigenvalue weighted by atomic mass is 32.1. The number of aromatic nitrogens is 1. The van der Waals surface area contributed by atoms with Crippen LogP contribution in [-0.2, 0) is 14.3 Å². The number of hydrogen-bond acceptors (Lipinski definition) is 6. The van der Waals surface area contributed by atoms with E-state index in [2.05, 4.69) is 16.4 Å². The molecule has 1 aliphatic rings. The standard InChI is InChI=1S/C17H15N3O3S/c18-9-14-15(11-4-2-1-3-5-11)19-17(24-14)20-16(22)12-6-7-13(8-12)23-10-21/h1-5,10,12-13H,6-8H2,(H,19,20,22)/t12-,13+/m0/s1. The number of nitrogens with zero attached hydrogens (tertiary/aromatic N) is 2. The Hall–Kier alpha value is -2.72. The smallest absolute Gasteiger partial charge is 0.293 e. The van der Waals surface area contributed by atoms with Gasteiger partial charge in [0.15, 0.2) is 5.13 Å². The van der Waals surface area contributed by atoms with Crippen molar-refractivity contribution in [1.82, 2.24) is 4.98 Å². The second kappa shape index (κ2) is 7.23. The van der Waals surface area contributed by atoms with Crippen LogP contribution in [0.25, 0.3) is 11.3 Å². The SMILES string of the molecule is N#Cc1sc(NC(=O)[C@H]2CC[C@@H](OC=O)C2)nc1-c1ccccc1. The lowest BCUT2D eigenvalue weighted by atomic mass is 10.1. The van der Waals surface area contributed by atoms with Crippen LogP contribution in [-0.4, -0.2) is 23.5 Å². The van der Waals surface area contributed by atoms with Gasteiger partial charge in [0.2, 0.25) is 5.91 Å². The lowest BCUT2D eigenvalue weighted by molar-refractivity contribution is -0.134. The number of hydrogen-bond donors (Lipinski definition) is 1. The molecule has 1 N–H and O–H groups in total. The summed E-state index contributed by atoms with van der Waals surface area (Å²) in [5.41, 5.74) is 1.41. The van der Waals surface area contributed by atoms with E-state index >= 15 is 0 Å². The highest BCUT2D eigenvalue weighted by Gasteiger charge is 2.31. The minimum atomic E-state index is -0.204. The van der Waals surface area contributed by atoms with Gasteiger partial charge in [-0.25, -0.2) is 4.98 Å². The van der Waals surface area contributed by atoms with E-state index in [1.165, 1.54) is 0 Å². The molecule has 1 aliphatic carbocycles. The first-order valence-corrected chi connectivity index (χ1v) is 8.39. The fraction of sp³-hybridized carbons (Fsp3) is 0.294. The molecule has 1 aromatic heterocycles. The Kier molecular flexibility index (Phi) is 4.87. The van der Waals surface area contributed by atoms with Gasteiger partial charge in [-0.2, -0.15) is 5.26 Å². The van der Waals surface area contributed by atoms with Crippen LogP contribution in [0.15, 0.2) is 30.3 Å². The van der Waals surface area contributed by atoms with E-state index < -0.39 is 0 Å². The molecule has 0 bridgehead atoms. The zero-order valence-electron chi connectivity index (χ0n) is 12.8. The normalized spacial score (nSPS) is 19.5. The fourth-order valence-electron chi connectivity index (χ4n) is 2.83. The Labute approximate surface area is 143 Å². The van der Waals surface area contributed by atoms with E-state index in [0.717, 1.165) is 16.9 Å². The first-order valence-electron chi connectivity index (χ1n) is 7.57. The van der Waals surface area contributed by atoms with E-state index in [9.17, 15) is 14.9 Å². The molecule has 6 nitrogen and oxygen atoms in total. The summed E-state index contributed by atoms with van der Waals surface area (Å²) in [4.78, 5) is 27.6. The van der Waals surface area contributed by atoms with Crippen molar-refractivity contribution >= 4 is 28.8 Å². The van der Waals surface area contributed by atoms with Gasteiger partial charge in [0, 0.05) is 11.5 Å². The van der Waals surface area contributed by atoms with Crippen molar-refractivity contribution in [3.63, 3.8) is 0 Å². The van der Waals surface area contributed by atoms with Crippen molar-refractivity contribution in [1.29, 1.82) is 5.26 Å². The second-order valence-electron chi connectivity index (χ2n) is 5.53. The molecule has 1 saturated carbocycles. The summed E-state index contributed by atoms with van der Waals surface area (Å²) in [7, 11) is 0. The van der Waals surface area contributed by atoms with Crippen LogP contribution < -0.4 is 5.32 Å². The summed E-state index contributed by atoms with van der Waals surface area (Å²) >= 11 is 1.16. The van der Waals surface area contributed by atoms with Crippen LogP contribution >= 0.6 is 11.3 Å². The number of carbonyl (C=O) groups excluding carboxylic acids is 2. The van der Waals surface area contributed by atoms with E-state index in [-0.39, 0.29) is 17.9 Å². The topological polar surface area (TPSA) is 92.1 Å². The summed E-state index contributed by atoms with van der Waals surface area (Å²) in [6.45, 7) is 0.428. The molecule has 24 heavy (non-hydrogen) atoms. The van der Waals surface area contributed by atoms with Crippen LogP contribution in [0.4, 0.5) is 5.13 Å². The molecule has 122 valence electrons. The van der Waals surface area contributed by atoms with Crippen LogP contribution in [0.3, 0.4) is 0 Å². The van der Waals surface area contributed by atoms with Crippen LogP contribution in [0.2, 0.25) is 0 Å². The van der Waals surface area contributed by atoms with Crippen molar-refractivity contribution in [3.05, 3.63) is 35.2 Å². The molecular weight excluding hydrogens is 326 g/mol. The van der Waals surface area contributed by atoms with E-state index in [1.807, 2.05) is 30.3 Å². The van der Waals surface area contributed by atoms with Crippen molar-refractivity contribution in [3.8, 4) is 17.3 Å². The lowest BCUT2D eigenvalue weighted by Crippen LogP contribution is -2.21. The number of amides is 1. The predicted molar refractivity (Wildman–Crippen MR) is 89.2 cm³/mol. The third-order valence-corrected chi connectivity index (χ3v) is 4.88. The van der Waals surface area contributed by atoms with Crippen LogP contribution in [0, 0.1) is 17.2 Å². The number of carbonyl (C=O) groups is 2. The average Bonchev–Trinajstić information content (AvgIpc) is 3.23. The molecular formula is C17H15N3O3S. The number of nitrogens with one attached hydrogen (secondary N) is 1. The van der Waals surface area contributed by atoms with Gasteiger partial charge in [-0.3, -0.25) is 9.59 Å². The molecule has 0 aliphatic heterocycles. The molecule has 0 saturated heterocycles. The average molecular weight is 341 g/mol. The Bertz CT molecular complexity index is 782. The molecule has 1 fully saturated rings. The summed E-state index contributed by atoms with van der Waals surface area (Å²) in [5.74, 6) is -0.352. The van der Waals surface area contributed by atoms with Crippen LogP contribution in [0.5, 0.6) is 0 Å². The largest absolute Gasteiger partial charge is 0.465 e. The molecule has 7 heteroatoms. The highest BCUT2D eigenvalue weighted by molar-refractivity contribution is 7.16. The molecule has 0 radical (unpaired) electrons. The Morgan fingerprint density at radius 2 is 2.17 bits per heavy atom. The monoisotopic (exact) mass is 341 g/mol. The molecule has 3 rings (SSSR count). The molecule has 2 atom stereocenters. The third kappa shape index (κ3) is 3.44. The fourth-order valence-corrected chi connectivity index (χ4v) is 3.62. The van der Waals surface area contributed by atoms with Crippen LogP contribution in [0.1, 0.15) is 24.1 Å². The quantitative estimate of drug-likeness (QED) is 0.844. The summed E-state index contributed by atoms with van der Waals surface area (Å²) in [5, 5.41) is 12.5.